The molecule has 152 valence electrons. The SMILES string of the molecule is CCC1CCCCN1CC(=O)NCc1cc2n(n1)CCCN(CC(C)C)C2. The Labute approximate surface area is 164 Å². The molecule has 1 unspecified atom stereocenters. The minimum absolute atomic E-state index is 0.125. The number of aryl methyl sites for hydroxylation is 1. The van der Waals surface area contributed by atoms with Crippen LogP contribution in [-0.2, 0) is 24.4 Å². The van der Waals surface area contributed by atoms with Crippen LogP contribution in [0.2, 0.25) is 0 Å². The summed E-state index contributed by atoms with van der Waals surface area (Å²) in [5, 5.41) is 7.82. The number of nitrogens with zero attached hydrogens (tertiary/aromatic N) is 4. The van der Waals surface area contributed by atoms with Crippen LogP contribution in [0.25, 0.3) is 0 Å². The summed E-state index contributed by atoms with van der Waals surface area (Å²) in [5.74, 6) is 0.806. The minimum atomic E-state index is 0.125. The van der Waals surface area contributed by atoms with E-state index in [1.54, 1.807) is 0 Å². The van der Waals surface area contributed by atoms with Crippen LogP contribution in [0, 0.1) is 5.92 Å². The van der Waals surface area contributed by atoms with Crippen molar-refractivity contribution >= 4 is 5.91 Å². The van der Waals surface area contributed by atoms with Crippen molar-refractivity contribution in [2.75, 3.05) is 26.2 Å². The van der Waals surface area contributed by atoms with Crippen LogP contribution < -0.4 is 5.32 Å². The highest BCUT2D eigenvalue weighted by Gasteiger charge is 2.23. The fraction of sp³-hybridized carbons (Fsp3) is 0.810. The summed E-state index contributed by atoms with van der Waals surface area (Å²) in [6.45, 7) is 13.1. The zero-order valence-electron chi connectivity index (χ0n) is 17.4. The number of hydrogen-bond donors (Lipinski definition) is 1. The number of fused-ring (bicyclic) bond motifs is 1. The van der Waals surface area contributed by atoms with Gasteiger partial charge in [0.2, 0.25) is 5.91 Å². The highest BCUT2D eigenvalue weighted by atomic mass is 16.2. The van der Waals surface area contributed by atoms with E-state index in [4.69, 9.17) is 5.10 Å². The maximum Gasteiger partial charge on any atom is 0.234 e. The van der Waals surface area contributed by atoms with Crippen LogP contribution in [0.3, 0.4) is 0 Å². The third-order valence-electron chi connectivity index (χ3n) is 5.80. The van der Waals surface area contributed by atoms with Gasteiger partial charge in [0.15, 0.2) is 0 Å². The van der Waals surface area contributed by atoms with E-state index in [1.807, 2.05) is 0 Å². The van der Waals surface area contributed by atoms with Crippen molar-refractivity contribution in [3.8, 4) is 0 Å². The second kappa shape index (κ2) is 9.69. The van der Waals surface area contributed by atoms with E-state index in [2.05, 4.69) is 46.6 Å². The van der Waals surface area contributed by atoms with Crippen LogP contribution in [0.5, 0.6) is 0 Å². The lowest BCUT2D eigenvalue weighted by molar-refractivity contribution is -0.123. The molecule has 2 aliphatic heterocycles. The molecule has 0 aliphatic carbocycles. The molecule has 0 radical (unpaired) electrons. The minimum Gasteiger partial charge on any atom is -0.349 e. The average molecular weight is 376 g/mol. The second-order valence-corrected chi connectivity index (χ2v) is 8.64. The summed E-state index contributed by atoms with van der Waals surface area (Å²) in [4.78, 5) is 17.3. The number of nitrogens with one attached hydrogen (secondary N) is 1. The van der Waals surface area contributed by atoms with E-state index in [0.29, 0.717) is 25.0 Å². The molecule has 1 aromatic heterocycles. The first-order chi connectivity index (χ1) is 13.0. The number of amides is 1. The Kier molecular flexibility index (Phi) is 7.30. The zero-order valence-corrected chi connectivity index (χ0v) is 17.4. The van der Waals surface area contributed by atoms with Gasteiger partial charge in [0.1, 0.15) is 0 Å². The smallest absolute Gasteiger partial charge is 0.234 e. The number of carbonyl (C=O) groups excluding carboxylic acids is 1. The number of aromatic nitrogens is 2. The van der Waals surface area contributed by atoms with Gasteiger partial charge in [-0.3, -0.25) is 19.3 Å². The van der Waals surface area contributed by atoms with E-state index >= 15 is 0 Å². The van der Waals surface area contributed by atoms with Crippen molar-refractivity contribution in [3.05, 3.63) is 17.5 Å². The molecule has 1 atom stereocenters. The molecule has 3 heterocycles. The van der Waals surface area contributed by atoms with E-state index < -0.39 is 0 Å². The van der Waals surface area contributed by atoms with Crippen molar-refractivity contribution in [2.24, 2.45) is 5.92 Å². The lowest BCUT2D eigenvalue weighted by atomic mass is 10.0. The number of hydrogen-bond acceptors (Lipinski definition) is 4. The molecule has 27 heavy (non-hydrogen) atoms. The molecular formula is C21H37N5O. The maximum atomic E-state index is 12.4. The van der Waals surface area contributed by atoms with E-state index in [1.165, 1.54) is 25.0 Å². The molecule has 1 N–H and O–H groups in total. The van der Waals surface area contributed by atoms with Gasteiger partial charge in [-0.1, -0.05) is 27.2 Å². The Hall–Kier alpha value is -1.40. The lowest BCUT2D eigenvalue weighted by Crippen LogP contribution is -2.45. The highest BCUT2D eigenvalue weighted by molar-refractivity contribution is 5.78. The predicted molar refractivity (Wildman–Crippen MR) is 108 cm³/mol. The van der Waals surface area contributed by atoms with Crippen LogP contribution in [-0.4, -0.2) is 57.7 Å². The van der Waals surface area contributed by atoms with Crippen molar-refractivity contribution in [1.29, 1.82) is 0 Å². The van der Waals surface area contributed by atoms with Gasteiger partial charge in [0.25, 0.3) is 0 Å². The molecule has 0 bridgehead atoms. The zero-order chi connectivity index (χ0) is 19.2. The van der Waals surface area contributed by atoms with Gasteiger partial charge in [-0.2, -0.15) is 5.10 Å². The summed E-state index contributed by atoms with van der Waals surface area (Å²) < 4.78 is 2.14. The fourth-order valence-corrected chi connectivity index (χ4v) is 4.51. The topological polar surface area (TPSA) is 53.4 Å². The first kappa shape index (κ1) is 20.3. The second-order valence-electron chi connectivity index (χ2n) is 8.64. The summed E-state index contributed by atoms with van der Waals surface area (Å²) in [6.07, 6.45) is 6.01. The summed E-state index contributed by atoms with van der Waals surface area (Å²) in [6, 6.07) is 2.74. The van der Waals surface area contributed by atoms with E-state index in [0.717, 1.165) is 51.3 Å². The molecule has 2 aliphatic rings. The van der Waals surface area contributed by atoms with Gasteiger partial charge in [-0.25, -0.2) is 0 Å². The van der Waals surface area contributed by atoms with Gasteiger partial charge in [0, 0.05) is 32.2 Å². The monoisotopic (exact) mass is 375 g/mol. The standard InChI is InChI=1S/C21H37N5O/c1-4-19-8-5-6-10-25(19)16-21(27)22-13-18-12-20-15-24(14-17(2)3)9-7-11-26(20)23-18/h12,17,19H,4-11,13-16H2,1-3H3,(H,22,27). The summed E-state index contributed by atoms with van der Waals surface area (Å²) in [7, 11) is 0. The maximum absolute atomic E-state index is 12.4. The molecular weight excluding hydrogens is 338 g/mol. The van der Waals surface area contributed by atoms with Crippen LogP contribution in [0.15, 0.2) is 6.07 Å². The van der Waals surface area contributed by atoms with Crippen molar-refractivity contribution < 1.29 is 4.79 Å². The Morgan fingerprint density at radius 3 is 2.89 bits per heavy atom. The van der Waals surface area contributed by atoms with Crippen molar-refractivity contribution in [1.82, 2.24) is 24.9 Å². The Bertz CT molecular complexity index is 612. The quantitative estimate of drug-likeness (QED) is 0.796. The molecule has 1 fully saturated rings. The average Bonchev–Trinajstić information content (AvgIpc) is 2.92. The first-order valence-electron chi connectivity index (χ1n) is 10.8. The van der Waals surface area contributed by atoms with Gasteiger partial charge in [-0.15, -0.1) is 0 Å². The fourth-order valence-electron chi connectivity index (χ4n) is 4.51. The Morgan fingerprint density at radius 2 is 2.11 bits per heavy atom. The predicted octanol–water partition coefficient (Wildman–Crippen LogP) is 2.63. The number of likely N-dealkylation sites (tertiary alicyclic amines) is 1. The molecule has 6 heteroatoms. The summed E-state index contributed by atoms with van der Waals surface area (Å²) >= 11 is 0. The molecule has 0 aromatic carbocycles. The first-order valence-corrected chi connectivity index (χ1v) is 10.8. The molecule has 1 aromatic rings. The van der Waals surface area contributed by atoms with Gasteiger partial charge < -0.3 is 5.32 Å². The van der Waals surface area contributed by atoms with Crippen LogP contribution in [0.1, 0.15) is 64.3 Å². The molecule has 3 rings (SSSR count). The highest BCUT2D eigenvalue weighted by Crippen LogP contribution is 2.19. The largest absolute Gasteiger partial charge is 0.349 e. The van der Waals surface area contributed by atoms with Crippen molar-refractivity contribution in [2.45, 2.75) is 78.6 Å². The van der Waals surface area contributed by atoms with Crippen molar-refractivity contribution in [3.63, 3.8) is 0 Å². The Balaban J connectivity index is 1.51. The van der Waals surface area contributed by atoms with Gasteiger partial charge in [0.05, 0.1) is 24.5 Å². The van der Waals surface area contributed by atoms with E-state index in [-0.39, 0.29) is 5.91 Å². The lowest BCUT2D eigenvalue weighted by Gasteiger charge is -2.34. The van der Waals surface area contributed by atoms with E-state index in [9.17, 15) is 4.79 Å². The van der Waals surface area contributed by atoms with Crippen LogP contribution in [0.4, 0.5) is 0 Å². The van der Waals surface area contributed by atoms with Gasteiger partial charge >= 0.3 is 0 Å². The van der Waals surface area contributed by atoms with Gasteiger partial charge in [-0.05, 0) is 44.2 Å². The number of piperidine rings is 1. The molecule has 6 nitrogen and oxygen atoms in total. The third-order valence-corrected chi connectivity index (χ3v) is 5.80. The van der Waals surface area contributed by atoms with Crippen LogP contribution >= 0.6 is 0 Å². The molecule has 0 saturated carbocycles. The Morgan fingerprint density at radius 1 is 1.26 bits per heavy atom. The normalized spacial score (nSPS) is 21.9. The molecule has 1 saturated heterocycles. The number of rotatable bonds is 7. The summed E-state index contributed by atoms with van der Waals surface area (Å²) in [5.41, 5.74) is 2.26. The molecule has 0 spiro atoms. The molecule has 1 amide bonds. The number of carbonyl (C=O) groups is 1. The third kappa shape index (κ3) is 5.79.